The van der Waals surface area contributed by atoms with Crippen LogP contribution in [0.3, 0.4) is 0 Å². The molecule has 0 aliphatic rings. The highest BCUT2D eigenvalue weighted by atomic mass is 32.2. The Bertz CT molecular complexity index is 1120. The summed E-state index contributed by atoms with van der Waals surface area (Å²) in [6.07, 6.45) is 1.56. The van der Waals surface area contributed by atoms with Crippen molar-refractivity contribution < 1.29 is 16.8 Å². The largest absolute Gasteiger partial charge is 0.277 e. The molecule has 1 aromatic heterocycles. The second kappa shape index (κ2) is 5.86. The second-order valence-corrected chi connectivity index (χ2v) is 8.25. The number of rotatable bonds is 4. The first-order valence-corrected chi connectivity index (χ1v) is 9.80. The molecule has 3 aromatic rings. The van der Waals surface area contributed by atoms with Gasteiger partial charge in [0.25, 0.3) is 10.0 Å². The van der Waals surface area contributed by atoms with Gasteiger partial charge in [0.05, 0.1) is 21.0 Å². The van der Waals surface area contributed by atoms with Crippen molar-refractivity contribution in [1.29, 1.82) is 0 Å². The van der Waals surface area contributed by atoms with Gasteiger partial charge in [-0.2, -0.15) is 0 Å². The molecular weight excluding hydrogens is 350 g/mol. The number of nitrogens with one attached hydrogen (secondary N) is 1. The summed E-state index contributed by atoms with van der Waals surface area (Å²) in [5.74, 6) is 0. The lowest BCUT2D eigenvalue weighted by Crippen LogP contribution is -2.16. The zero-order chi connectivity index (χ0) is 17.4. The molecule has 0 bridgehead atoms. The predicted octanol–water partition coefficient (Wildman–Crippen LogP) is 1.68. The molecule has 0 saturated heterocycles. The predicted molar refractivity (Wildman–Crippen MR) is 90.4 cm³/mol. The molecular formula is C15H13N3O4S2. The molecule has 2 aromatic carbocycles. The van der Waals surface area contributed by atoms with Crippen molar-refractivity contribution >= 4 is 36.6 Å². The maximum absolute atomic E-state index is 12.5. The van der Waals surface area contributed by atoms with Crippen LogP contribution in [0, 0.1) is 0 Å². The maximum Gasteiger partial charge on any atom is 0.262 e. The van der Waals surface area contributed by atoms with Crippen LogP contribution in [0.1, 0.15) is 0 Å². The molecule has 124 valence electrons. The summed E-state index contributed by atoms with van der Waals surface area (Å²) in [6, 6.07) is 13.5. The summed E-state index contributed by atoms with van der Waals surface area (Å²) in [5, 5.41) is 5.82. The minimum Gasteiger partial charge on any atom is -0.277 e. The fourth-order valence-electron chi connectivity index (χ4n) is 2.21. The molecule has 9 heteroatoms. The van der Waals surface area contributed by atoms with Crippen LogP contribution >= 0.6 is 0 Å². The third-order valence-corrected chi connectivity index (χ3v) is 5.60. The molecule has 0 fully saturated rings. The topological polar surface area (TPSA) is 119 Å². The number of benzene rings is 2. The fraction of sp³-hybridized carbons (Fsp3) is 0. The Morgan fingerprint density at radius 3 is 2.29 bits per heavy atom. The third kappa shape index (κ3) is 3.23. The second-order valence-electron chi connectivity index (χ2n) is 5.01. The monoisotopic (exact) mass is 363 g/mol. The smallest absolute Gasteiger partial charge is 0.262 e. The van der Waals surface area contributed by atoms with Gasteiger partial charge in [0.15, 0.2) is 0 Å². The molecule has 0 saturated carbocycles. The standard InChI is InChI=1S/C15H13N3O4S2/c16-23(19,20)12-6-2-7-13(10-12)24(21,22)18-14-8-1-4-11-5-3-9-17-15(11)14/h1-10,18H,(H2,16,19,20). The lowest BCUT2D eigenvalue weighted by molar-refractivity contribution is 0.597. The average Bonchev–Trinajstić information content (AvgIpc) is 2.54. The molecule has 0 radical (unpaired) electrons. The van der Waals surface area contributed by atoms with Crippen LogP contribution < -0.4 is 9.86 Å². The van der Waals surface area contributed by atoms with Gasteiger partial charge in [-0.05, 0) is 30.3 Å². The van der Waals surface area contributed by atoms with E-state index in [0.29, 0.717) is 11.2 Å². The zero-order valence-electron chi connectivity index (χ0n) is 12.2. The van der Waals surface area contributed by atoms with Crippen molar-refractivity contribution in [3.8, 4) is 0 Å². The molecule has 3 rings (SSSR count). The van der Waals surface area contributed by atoms with E-state index in [4.69, 9.17) is 5.14 Å². The van der Waals surface area contributed by atoms with E-state index < -0.39 is 20.0 Å². The van der Waals surface area contributed by atoms with E-state index in [1.165, 1.54) is 18.2 Å². The summed E-state index contributed by atoms with van der Waals surface area (Å²) in [4.78, 5) is 3.69. The minimum atomic E-state index is -4.00. The highest BCUT2D eigenvalue weighted by Gasteiger charge is 2.18. The van der Waals surface area contributed by atoms with E-state index in [1.54, 1.807) is 24.4 Å². The highest BCUT2D eigenvalue weighted by Crippen LogP contribution is 2.24. The number of para-hydroxylation sites is 1. The Morgan fingerprint density at radius 1 is 0.875 bits per heavy atom. The van der Waals surface area contributed by atoms with Gasteiger partial charge in [-0.15, -0.1) is 0 Å². The van der Waals surface area contributed by atoms with Gasteiger partial charge in [-0.25, -0.2) is 22.0 Å². The van der Waals surface area contributed by atoms with Gasteiger partial charge in [-0.1, -0.05) is 24.3 Å². The van der Waals surface area contributed by atoms with Crippen molar-refractivity contribution in [2.75, 3.05) is 4.72 Å². The number of pyridine rings is 1. The zero-order valence-corrected chi connectivity index (χ0v) is 13.9. The Labute approximate surface area is 139 Å². The molecule has 0 amide bonds. The summed E-state index contributed by atoms with van der Waals surface area (Å²) in [7, 11) is -8.00. The van der Waals surface area contributed by atoms with Crippen molar-refractivity contribution in [1.82, 2.24) is 4.98 Å². The third-order valence-electron chi connectivity index (χ3n) is 3.32. The Balaban J connectivity index is 2.06. The van der Waals surface area contributed by atoms with E-state index in [9.17, 15) is 16.8 Å². The molecule has 24 heavy (non-hydrogen) atoms. The van der Waals surface area contributed by atoms with Gasteiger partial charge >= 0.3 is 0 Å². The molecule has 3 N–H and O–H groups in total. The number of fused-ring (bicyclic) bond motifs is 1. The number of nitrogens with two attached hydrogens (primary N) is 1. The first kappa shape index (κ1) is 16.4. The SMILES string of the molecule is NS(=O)(=O)c1cccc(S(=O)(=O)Nc2cccc3cccnc23)c1. The molecule has 0 spiro atoms. The van der Waals surface area contributed by atoms with Gasteiger partial charge in [0.2, 0.25) is 10.0 Å². The summed E-state index contributed by atoms with van der Waals surface area (Å²) in [5.41, 5.74) is 0.792. The first-order valence-electron chi connectivity index (χ1n) is 6.77. The lowest BCUT2D eigenvalue weighted by atomic mass is 10.2. The Kier molecular flexibility index (Phi) is 3.99. The minimum absolute atomic E-state index is 0.207. The number of hydrogen-bond acceptors (Lipinski definition) is 5. The maximum atomic E-state index is 12.5. The van der Waals surface area contributed by atoms with Crippen LogP contribution in [0.4, 0.5) is 5.69 Å². The lowest BCUT2D eigenvalue weighted by Gasteiger charge is -2.10. The van der Waals surface area contributed by atoms with Gasteiger partial charge < -0.3 is 0 Å². The Hall–Kier alpha value is -2.49. The van der Waals surface area contributed by atoms with Gasteiger partial charge in [0, 0.05) is 11.6 Å². The van der Waals surface area contributed by atoms with Crippen LogP contribution in [-0.4, -0.2) is 21.8 Å². The summed E-state index contributed by atoms with van der Waals surface area (Å²) in [6.45, 7) is 0. The summed E-state index contributed by atoms with van der Waals surface area (Å²) >= 11 is 0. The Morgan fingerprint density at radius 2 is 1.54 bits per heavy atom. The number of hydrogen-bond donors (Lipinski definition) is 2. The number of anilines is 1. The highest BCUT2D eigenvalue weighted by molar-refractivity contribution is 7.93. The molecule has 0 aliphatic carbocycles. The van der Waals surface area contributed by atoms with Crippen molar-refractivity contribution in [3.63, 3.8) is 0 Å². The average molecular weight is 363 g/mol. The van der Waals surface area contributed by atoms with Gasteiger partial charge in [-0.3, -0.25) is 9.71 Å². The van der Waals surface area contributed by atoms with Crippen LogP contribution in [0.25, 0.3) is 10.9 Å². The first-order chi connectivity index (χ1) is 11.3. The van der Waals surface area contributed by atoms with Crippen molar-refractivity contribution in [2.45, 2.75) is 9.79 Å². The fourth-order valence-corrected chi connectivity index (χ4v) is 3.95. The number of aromatic nitrogens is 1. The molecule has 1 heterocycles. The van der Waals surface area contributed by atoms with E-state index in [0.717, 1.165) is 11.5 Å². The number of nitrogens with zero attached hydrogens (tertiary/aromatic N) is 1. The number of sulfonamides is 2. The normalized spacial score (nSPS) is 12.2. The molecule has 0 aliphatic heterocycles. The quantitative estimate of drug-likeness (QED) is 0.731. The van der Waals surface area contributed by atoms with E-state index in [2.05, 4.69) is 9.71 Å². The van der Waals surface area contributed by atoms with Crippen LogP contribution in [0.15, 0.2) is 70.6 Å². The van der Waals surface area contributed by atoms with Crippen molar-refractivity contribution in [3.05, 3.63) is 60.8 Å². The van der Waals surface area contributed by atoms with Gasteiger partial charge in [0.1, 0.15) is 0 Å². The van der Waals surface area contributed by atoms with E-state index >= 15 is 0 Å². The van der Waals surface area contributed by atoms with E-state index in [-0.39, 0.29) is 9.79 Å². The van der Waals surface area contributed by atoms with Crippen LogP contribution in [0.5, 0.6) is 0 Å². The molecule has 7 nitrogen and oxygen atoms in total. The van der Waals surface area contributed by atoms with Crippen LogP contribution in [-0.2, 0) is 20.0 Å². The molecule has 0 atom stereocenters. The summed E-state index contributed by atoms with van der Waals surface area (Å²) < 4.78 is 50.3. The van der Waals surface area contributed by atoms with Crippen molar-refractivity contribution in [2.24, 2.45) is 5.14 Å². The van der Waals surface area contributed by atoms with Crippen LogP contribution in [0.2, 0.25) is 0 Å². The van der Waals surface area contributed by atoms with E-state index in [1.807, 2.05) is 12.1 Å². The number of primary sulfonamides is 1. The molecule has 0 unspecified atom stereocenters.